The number of nitrogens with zero attached hydrogens (tertiary/aromatic N) is 4. The zero-order chi connectivity index (χ0) is 16.4. The quantitative estimate of drug-likeness (QED) is 0.771. The monoisotopic (exact) mass is 307 g/mol. The minimum atomic E-state index is -0.655. The van der Waals surface area contributed by atoms with Gasteiger partial charge in [0.25, 0.3) is 5.91 Å². The Balaban J connectivity index is 2.20. The first kappa shape index (κ1) is 16.0. The van der Waals surface area contributed by atoms with Gasteiger partial charge in [-0.1, -0.05) is 0 Å². The highest BCUT2D eigenvalue weighted by Gasteiger charge is 2.36. The molecule has 1 saturated heterocycles. The molecule has 8 nitrogen and oxygen atoms in total. The van der Waals surface area contributed by atoms with Gasteiger partial charge in [-0.3, -0.25) is 19.1 Å². The van der Waals surface area contributed by atoms with Gasteiger partial charge < -0.3 is 15.1 Å². The van der Waals surface area contributed by atoms with E-state index in [9.17, 15) is 14.4 Å². The Morgan fingerprint density at radius 1 is 1.32 bits per heavy atom. The third-order valence-electron chi connectivity index (χ3n) is 3.86. The van der Waals surface area contributed by atoms with Crippen molar-refractivity contribution in [2.24, 2.45) is 7.05 Å². The van der Waals surface area contributed by atoms with E-state index in [0.717, 1.165) is 0 Å². The van der Waals surface area contributed by atoms with Gasteiger partial charge in [0.1, 0.15) is 6.04 Å². The van der Waals surface area contributed by atoms with Crippen LogP contribution in [0.2, 0.25) is 0 Å². The molecule has 120 valence electrons. The molecule has 3 amide bonds. The van der Waals surface area contributed by atoms with E-state index < -0.39 is 6.04 Å². The van der Waals surface area contributed by atoms with E-state index in [4.69, 9.17) is 0 Å². The molecule has 1 atom stereocenters. The van der Waals surface area contributed by atoms with Crippen LogP contribution in [-0.4, -0.2) is 70.0 Å². The summed E-state index contributed by atoms with van der Waals surface area (Å²) in [4.78, 5) is 39.4. The fourth-order valence-corrected chi connectivity index (χ4v) is 2.72. The van der Waals surface area contributed by atoms with E-state index in [2.05, 4.69) is 10.4 Å². The Morgan fingerprint density at radius 3 is 2.50 bits per heavy atom. The van der Waals surface area contributed by atoms with Crippen LogP contribution in [0.25, 0.3) is 0 Å². The molecular formula is C14H21N5O3. The Bertz CT molecular complexity index is 610. The molecule has 1 N–H and O–H groups in total. The second-order valence-corrected chi connectivity index (χ2v) is 5.40. The minimum Gasteiger partial charge on any atom is -0.357 e. The SMILES string of the molecule is CNC(=O)[C@H]1CN(C(=O)c2cn(C)nc2C)CCN1C(C)=O. The van der Waals surface area contributed by atoms with Crippen molar-refractivity contribution >= 4 is 17.7 Å². The number of aryl methyl sites for hydroxylation is 2. The van der Waals surface area contributed by atoms with Crippen molar-refractivity contribution in [1.82, 2.24) is 24.9 Å². The highest BCUT2D eigenvalue weighted by Crippen LogP contribution is 2.15. The number of likely N-dealkylation sites (N-methyl/N-ethyl adjacent to an activating group) is 1. The second kappa shape index (κ2) is 6.17. The summed E-state index contributed by atoms with van der Waals surface area (Å²) >= 11 is 0. The van der Waals surface area contributed by atoms with Crippen molar-refractivity contribution in [3.8, 4) is 0 Å². The number of piperazine rings is 1. The first-order valence-corrected chi connectivity index (χ1v) is 7.13. The highest BCUT2D eigenvalue weighted by molar-refractivity contribution is 5.96. The van der Waals surface area contributed by atoms with Gasteiger partial charge >= 0.3 is 0 Å². The molecule has 1 aliphatic rings. The first-order chi connectivity index (χ1) is 10.3. The van der Waals surface area contributed by atoms with E-state index in [1.54, 1.807) is 29.7 Å². The standard InChI is InChI=1S/C14H21N5O3/c1-9-11(7-17(4)16-9)14(22)18-5-6-19(10(2)20)12(8-18)13(21)15-3/h7,12H,5-6,8H2,1-4H3,(H,15,21)/t12-/m1/s1. The summed E-state index contributed by atoms with van der Waals surface area (Å²) in [7, 11) is 3.28. The maximum Gasteiger partial charge on any atom is 0.257 e. The highest BCUT2D eigenvalue weighted by atomic mass is 16.2. The number of carbonyl (C=O) groups excluding carboxylic acids is 3. The van der Waals surface area contributed by atoms with E-state index in [1.165, 1.54) is 18.9 Å². The Labute approximate surface area is 129 Å². The van der Waals surface area contributed by atoms with Gasteiger partial charge in [0.2, 0.25) is 11.8 Å². The number of rotatable bonds is 2. The number of hydrogen-bond donors (Lipinski definition) is 1. The van der Waals surface area contributed by atoms with Gasteiger partial charge in [-0.05, 0) is 6.92 Å². The molecule has 1 aromatic heterocycles. The van der Waals surface area contributed by atoms with Crippen LogP contribution >= 0.6 is 0 Å². The molecule has 2 heterocycles. The maximum atomic E-state index is 12.6. The van der Waals surface area contributed by atoms with Crippen LogP contribution in [0.15, 0.2) is 6.20 Å². The average Bonchev–Trinajstić information content (AvgIpc) is 2.83. The van der Waals surface area contributed by atoms with E-state index >= 15 is 0 Å². The second-order valence-electron chi connectivity index (χ2n) is 5.40. The maximum absolute atomic E-state index is 12.6. The van der Waals surface area contributed by atoms with Crippen molar-refractivity contribution in [2.45, 2.75) is 19.9 Å². The lowest BCUT2D eigenvalue weighted by molar-refractivity contribution is -0.141. The van der Waals surface area contributed by atoms with Gasteiger partial charge in [0.05, 0.1) is 17.8 Å². The minimum absolute atomic E-state index is 0.164. The molecule has 0 aromatic carbocycles. The van der Waals surface area contributed by atoms with Crippen LogP contribution in [0.5, 0.6) is 0 Å². The third-order valence-corrected chi connectivity index (χ3v) is 3.86. The van der Waals surface area contributed by atoms with Crippen molar-refractivity contribution in [2.75, 3.05) is 26.7 Å². The molecule has 0 bridgehead atoms. The number of aromatic nitrogens is 2. The van der Waals surface area contributed by atoms with Gasteiger partial charge in [0.15, 0.2) is 0 Å². The summed E-state index contributed by atoms with van der Waals surface area (Å²) in [6.07, 6.45) is 1.67. The molecule has 0 unspecified atom stereocenters. The Hall–Kier alpha value is -2.38. The lowest BCUT2D eigenvalue weighted by atomic mass is 10.1. The van der Waals surface area contributed by atoms with Crippen LogP contribution in [0.4, 0.5) is 0 Å². The van der Waals surface area contributed by atoms with Crippen molar-refractivity contribution in [3.05, 3.63) is 17.5 Å². The van der Waals surface area contributed by atoms with Crippen molar-refractivity contribution < 1.29 is 14.4 Å². The number of nitrogens with one attached hydrogen (secondary N) is 1. The molecular weight excluding hydrogens is 286 g/mol. The Morgan fingerprint density at radius 2 is 2.00 bits per heavy atom. The lowest BCUT2D eigenvalue weighted by Crippen LogP contribution is -2.60. The fourth-order valence-electron chi connectivity index (χ4n) is 2.72. The summed E-state index contributed by atoms with van der Waals surface area (Å²) < 4.78 is 1.59. The van der Waals surface area contributed by atoms with Gasteiger partial charge in [0, 0.05) is 40.3 Å². The van der Waals surface area contributed by atoms with Crippen LogP contribution in [0.3, 0.4) is 0 Å². The van der Waals surface area contributed by atoms with E-state index in [1.807, 2.05) is 0 Å². The third kappa shape index (κ3) is 2.95. The predicted molar refractivity (Wildman–Crippen MR) is 79.1 cm³/mol. The lowest BCUT2D eigenvalue weighted by Gasteiger charge is -2.39. The zero-order valence-corrected chi connectivity index (χ0v) is 13.3. The summed E-state index contributed by atoms with van der Waals surface area (Å²) in [5.74, 6) is -0.600. The molecule has 2 rings (SSSR count). The number of carbonyl (C=O) groups is 3. The molecule has 0 spiro atoms. The molecule has 1 aliphatic heterocycles. The summed E-state index contributed by atoms with van der Waals surface area (Å²) in [6, 6.07) is -0.655. The molecule has 22 heavy (non-hydrogen) atoms. The smallest absolute Gasteiger partial charge is 0.257 e. The zero-order valence-electron chi connectivity index (χ0n) is 13.3. The van der Waals surface area contributed by atoms with Gasteiger partial charge in [-0.15, -0.1) is 0 Å². The molecule has 8 heteroatoms. The van der Waals surface area contributed by atoms with Gasteiger partial charge in [-0.25, -0.2) is 0 Å². The normalized spacial score (nSPS) is 18.3. The predicted octanol–water partition coefficient (Wildman–Crippen LogP) is -0.853. The molecule has 0 saturated carbocycles. The van der Waals surface area contributed by atoms with E-state index in [0.29, 0.717) is 24.3 Å². The largest absolute Gasteiger partial charge is 0.357 e. The van der Waals surface area contributed by atoms with Crippen LogP contribution < -0.4 is 5.32 Å². The molecule has 1 aromatic rings. The number of amides is 3. The summed E-state index contributed by atoms with van der Waals surface area (Å²) in [5.41, 5.74) is 1.17. The molecule has 0 radical (unpaired) electrons. The van der Waals surface area contributed by atoms with Crippen LogP contribution in [0, 0.1) is 6.92 Å². The summed E-state index contributed by atoms with van der Waals surface area (Å²) in [5, 5.41) is 6.71. The van der Waals surface area contributed by atoms with E-state index in [-0.39, 0.29) is 24.3 Å². The average molecular weight is 307 g/mol. The molecule has 0 aliphatic carbocycles. The number of hydrogen-bond acceptors (Lipinski definition) is 4. The van der Waals surface area contributed by atoms with Crippen molar-refractivity contribution in [3.63, 3.8) is 0 Å². The summed E-state index contributed by atoms with van der Waals surface area (Å²) in [6.45, 7) is 4.14. The first-order valence-electron chi connectivity index (χ1n) is 7.13. The Kier molecular flexibility index (Phi) is 4.48. The topological polar surface area (TPSA) is 87.5 Å². The fraction of sp³-hybridized carbons (Fsp3) is 0.571. The van der Waals surface area contributed by atoms with Crippen LogP contribution in [0.1, 0.15) is 23.0 Å². The van der Waals surface area contributed by atoms with Crippen molar-refractivity contribution in [1.29, 1.82) is 0 Å². The molecule has 1 fully saturated rings. The van der Waals surface area contributed by atoms with Crippen LogP contribution in [-0.2, 0) is 16.6 Å². The van der Waals surface area contributed by atoms with Gasteiger partial charge in [-0.2, -0.15) is 5.10 Å².